The first kappa shape index (κ1) is 23.4. The number of thioether (sulfide) groups is 1. The van der Waals surface area contributed by atoms with E-state index in [4.69, 9.17) is 4.98 Å². The van der Waals surface area contributed by atoms with E-state index in [1.165, 1.54) is 22.9 Å². The second-order valence-electron chi connectivity index (χ2n) is 9.30. The molecule has 1 aliphatic rings. The minimum absolute atomic E-state index is 0.0870. The Kier molecular flexibility index (Phi) is 6.23. The zero-order valence-electron chi connectivity index (χ0n) is 20.2. The maximum atomic E-state index is 13.9. The van der Waals surface area contributed by atoms with Crippen molar-refractivity contribution in [1.82, 2.24) is 24.5 Å². The fraction of sp³-hybridized carbons (Fsp3) is 0.333. The summed E-state index contributed by atoms with van der Waals surface area (Å²) in [6.07, 6.45) is 2.39. The molecule has 0 aliphatic heterocycles. The molecule has 1 atom stereocenters. The molecule has 0 fully saturated rings. The van der Waals surface area contributed by atoms with Crippen molar-refractivity contribution in [2.45, 2.75) is 43.7 Å². The van der Waals surface area contributed by atoms with Gasteiger partial charge in [-0.1, -0.05) is 80.2 Å². The van der Waals surface area contributed by atoms with Crippen molar-refractivity contribution in [3.8, 4) is 11.3 Å². The fourth-order valence-corrected chi connectivity index (χ4v) is 5.67. The SMILES string of the molecule is CC[C@]1(C)Cc2ccccc2-c2nc3n(C)nc(SCC(=O)NCCc4ccccc4)n3c(=O)c21. The van der Waals surface area contributed by atoms with Gasteiger partial charge in [0.25, 0.3) is 5.56 Å². The molecule has 1 N–H and O–H groups in total. The van der Waals surface area contributed by atoms with Crippen LogP contribution in [0.25, 0.3) is 17.0 Å². The van der Waals surface area contributed by atoms with Gasteiger partial charge in [0.1, 0.15) is 0 Å². The molecule has 2 aromatic heterocycles. The van der Waals surface area contributed by atoms with Crippen LogP contribution in [-0.2, 0) is 30.1 Å². The highest BCUT2D eigenvalue weighted by Crippen LogP contribution is 2.42. The molecule has 0 spiro atoms. The van der Waals surface area contributed by atoms with E-state index in [-0.39, 0.29) is 22.6 Å². The summed E-state index contributed by atoms with van der Waals surface area (Å²) < 4.78 is 3.19. The summed E-state index contributed by atoms with van der Waals surface area (Å²) >= 11 is 1.26. The van der Waals surface area contributed by atoms with Gasteiger partial charge in [0, 0.05) is 24.6 Å². The standard InChI is InChI=1S/C27H29N5O2S/c1-4-27(2)16-19-12-8-9-13-20(19)23-22(27)24(34)32-25(29-23)31(3)30-26(32)35-17-21(33)28-15-14-18-10-6-5-7-11-18/h5-13H,4,14-17H2,1-3H3,(H,28,33)/t27-/m1/s1. The largest absolute Gasteiger partial charge is 0.355 e. The van der Waals surface area contributed by atoms with Crippen molar-refractivity contribution in [2.24, 2.45) is 7.05 Å². The molecule has 1 aliphatic carbocycles. The highest BCUT2D eigenvalue weighted by Gasteiger charge is 2.38. The highest BCUT2D eigenvalue weighted by molar-refractivity contribution is 7.99. The molecule has 0 saturated heterocycles. The fourth-order valence-electron chi connectivity index (χ4n) is 4.84. The van der Waals surface area contributed by atoms with Crippen molar-refractivity contribution in [2.75, 3.05) is 12.3 Å². The first-order valence-corrected chi connectivity index (χ1v) is 12.9. The number of rotatable bonds is 7. The lowest BCUT2D eigenvalue weighted by Gasteiger charge is -2.34. The Morgan fingerprint density at radius 3 is 2.66 bits per heavy atom. The summed E-state index contributed by atoms with van der Waals surface area (Å²) in [5.74, 6) is 0.574. The Morgan fingerprint density at radius 2 is 1.89 bits per heavy atom. The van der Waals surface area contributed by atoms with E-state index in [2.05, 4.69) is 30.3 Å². The third-order valence-corrected chi connectivity index (χ3v) is 7.86. The first-order valence-electron chi connectivity index (χ1n) is 11.9. The molecule has 5 rings (SSSR count). The van der Waals surface area contributed by atoms with Gasteiger partial charge in [0.2, 0.25) is 11.7 Å². The third kappa shape index (κ3) is 4.27. The van der Waals surface area contributed by atoms with E-state index in [1.54, 1.807) is 16.1 Å². The summed E-state index contributed by atoms with van der Waals surface area (Å²) in [4.78, 5) is 31.3. The van der Waals surface area contributed by atoms with Crippen molar-refractivity contribution in [3.05, 3.63) is 81.6 Å². The zero-order chi connectivity index (χ0) is 24.6. The normalized spacial score (nSPS) is 16.7. The van der Waals surface area contributed by atoms with E-state index in [1.807, 2.05) is 48.5 Å². The highest BCUT2D eigenvalue weighted by atomic mass is 32.2. The predicted octanol–water partition coefficient (Wildman–Crippen LogP) is 3.77. The predicted molar refractivity (Wildman–Crippen MR) is 139 cm³/mol. The molecule has 7 nitrogen and oxygen atoms in total. The van der Waals surface area contributed by atoms with Crippen molar-refractivity contribution in [3.63, 3.8) is 0 Å². The third-order valence-electron chi connectivity index (χ3n) is 6.93. The topological polar surface area (TPSA) is 81.3 Å². The van der Waals surface area contributed by atoms with Gasteiger partial charge < -0.3 is 5.32 Å². The molecule has 2 aromatic carbocycles. The Bertz CT molecular complexity index is 1460. The molecule has 0 bridgehead atoms. The number of aryl methyl sites for hydroxylation is 1. The van der Waals surface area contributed by atoms with Crippen LogP contribution in [0.3, 0.4) is 0 Å². The number of benzene rings is 2. The Hall–Kier alpha value is -3.39. The maximum Gasteiger partial charge on any atom is 0.265 e. The summed E-state index contributed by atoms with van der Waals surface area (Å²) in [6, 6.07) is 18.2. The average Bonchev–Trinajstić information content (AvgIpc) is 3.19. The molecule has 180 valence electrons. The first-order chi connectivity index (χ1) is 16.9. The van der Waals surface area contributed by atoms with Crippen LogP contribution in [0.5, 0.6) is 0 Å². The molecule has 1 amide bonds. The average molecular weight is 488 g/mol. The van der Waals surface area contributed by atoms with E-state index in [0.29, 0.717) is 17.5 Å². The van der Waals surface area contributed by atoms with Gasteiger partial charge in [-0.05, 0) is 30.4 Å². The summed E-state index contributed by atoms with van der Waals surface area (Å²) in [6.45, 7) is 4.82. The second kappa shape index (κ2) is 9.34. The van der Waals surface area contributed by atoms with Crippen LogP contribution in [0.15, 0.2) is 64.5 Å². The monoisotopic (exact) mass is 487 g/mol. The van der Waals surface area contributed by atoms with Gasteiger partial charge in [-0.3, -0.25) is 9.59 Å². The number of fused-ring (bicyclic) bond motifs is 4. The molecular weight excluding hydrogens is 458 g/mol. The second-order valence-corrected chi connectivity index (χ2v) is 10.2. The lowest BCUT2D eigenvalue weighted by molar-refractivity contribution is -0.118. The molecule has 2 heterocycles. The number of hydrogen-bond donors (Lipinski definition) is 1. The summed E-state index contributed by atoms with van der Waals surface area (Å²) in [5.41, 5.74) is 4.48. The molecule has 35 heavy (non-hydrogen) atoms. The Morgan fingerprint density at radius 1 is 1.14 bits per heavy atom. The Balaban J connectivity index is 1.43. The molecule has 4 aromatic rings. The van der Waals surface area contributed by atoms with Gasteiger partial charge in [-0.2, -0.15) is 0 Å². The van der Waals surface area contributed by atoms with Crippen LogP contribution < -0.4 is 10.9 Å². The van der Waals surface area contributed by atoms with Crippen LogP contribution in [0.1, 0.15) is 37.0 Å². The van der Waals surface area contributed by atoms with Crippen molar-refractivity contribution in [1.29, 1.82) is 0 Å². The number of aromatic nitrogens is 4. The van der Waals surface area contributed by atoms with Gasteiger partial charge in [0.05, 0.1) is 17.0 Å². The van der Waals surface area contributed by atoms with Crippen LogP contribution in [0.2, 0.25) is 0 Å². The van der Waals surface area contributed by atoms with Crippen LogP contribution in [0, 0.1) is 0 Å². The lowest BCUT2D eigenvalue weighted by Crippen LogP contribution is -2.38. The molecule has 0 saturated carbocycles. The van der Waals surface area contributed by atoms with Crippen LogP contribution >= 0.6 is 11.8 Å². The van der Waals surface area contributed by atoms with Gasteiger partial charge in [-0.25, -0.2) is 14.1 Å². The van der Waals surface area contributed by atoms with Crippen molar-refractivity contribution >= 4 is 23.4 Å². The summed E-state index contributed by atoms with van der Waals surface area (Å²) in [7, 11) is 1.78. The van der Waals surface area contributed by atoms with Gasteiger partial charge in [0.15, 0.2) is 5.16 Å². The molecule has 0 radical (unpaired) electrons. The van der Waals surface area contributed by atoms with Crippen molar-refractivity contribution < 1.29 is 4.79 Å². The molecule has 8 heteroatoms. The minimum atomic E-state index is -0.318. The van der Waals surface area contributed by atoms with E-state index in [9.17, 15) is 9.59 Å². The quantitative estimate of drug-likeness (QED) is 0.402. The van der Waals surface area contributed by atoms with E-state index < -0.39 is 0 Å². The van der Waals surface area contributed by atoms with Crippen LogP contribution in [-0.4, -0.2) is 37.4 Å². The number of nitrogens with zero attached hydrogens (tertiary/aromatic N) is 4. The number of amides is 1. The van der Waals surface area contributed by atoms with Crippen LogP contribution in [0.4, 0.5) is 0 Å². The summed E-state index contributed by atoms with van der Waals surface area (Å²) in [5, 5.41) is 7.99. The molecule has 0 unspecified atom stereocenters. The lowest BCUT2D eigenvalue weighted by atomic mass is 9.69. The molecular formula is C27H29N5O2S. The van der Waals surface area contributed by atoms with E-state index in [0.717, 1.165) is 36.1 Å². The van der Waals surface area contributed by atoms with E-state index >= 15 is 0 Å². The number of nitrogens with one attached hydrogen (secondary N) is 1. The number of hydrogen-bond acceptors (Lipinski definition) is 5. The Labute approximate surface area is 208 Å². The zero-order valence-corrected chi connectivity index (χ0v) is 21.1. The maximum absolute atomic E-state index is 13.9. The minimum Gasteiger partial charge on any atom is -0.355 e. The van der Waals surface area contributed by atoms with Gasteiger partial charge in [-0.15, -0.1) is 5.10 Å². The number of carbonyl (C=O) groups excluding carboxylic acids is 1. The smallest absolute Gasteiger partial charge is 0.265 e. The van der Waals surface area contributed by atoms with Gasteiger partial charge >= 0.3 is 0 Å². The number of carbonyl (C=O) groups is 1.